The molecule has 0 radical (unpaired) electrons. The zero-order valence-electron chi connectivity index (χ0n) is 10.3. The van der Waals surface area contributed by atoms with Gasteiger partial charge in [-0.05, 0) is 37.5 Å². The number of piperidine rings is 1. The fourth-order valence-electron chi connectivity index (χ4n) is 2.72. The zero-order chi connectivity index (χ0) is 11.7. The highest BCUT2D eigenvalue weighted by molar-refractivity contribution is 5.32. The lowest BCUT2D eigenvalue weighted by Crippen LogP contribution is -2.35. The molecule has 0 amide bonds. The standard InChI is InChI=1S/C13H19N3O/c1-17-12-8-14-13(15-9-12)16-6-4-11(5-7-16)10-2-3-10/h8-11H,2-7H2,1H3. The Kier molecular flexibility index (Phi) is 2.87. The van der Waals surface area contributed by atoms with Crippen LogP contribution in [0.25, 0.3) is 0 Å². The maximum atomic E-state index is 5.07. The van der Waals surface area contributed by atoms with Gasteiger partial charge < -0.3 is 9.64 Å². The smallest absolute Gasteiger partial charge is 0.225 e. The molecule has 0 unspecified atom stereocenters. The molecule has 92 valence electrons. The van der Waals surface area contributed by atoms with Crippen molar-refractivity contribution in [2.45, 2.75) is 25.7 Å². The van der Waals surface area contributed by atoms with Crippen LogP contribution in [-0.4, -0.2) is 30.2 Å². The monoisotopic (exact) mass is 233 g/mol. The van der Waals surface area contributed by atoms with Crippen molar-refractivity contribution in [3.8, 4) is 5.75 Å². The molecule has 1 aliphatic heterocycles. The molecule has 0 atom stereocenters. The molecule has 0 N–H and O–H groups in total. The molecule has 1 aliphatic carbocycles. The predicted octanol–water partition coefficient (Wildman–Crippen LogP) is 2.11. The normalized spacial score (nSPS) is 21.6. The van der Waals surface area contributed by atoms with Crippen molar-refractivity contribution in [1.29, 1.82) is 0 Å². The zero-order valence-corrected chi connectivity index (χ0v) is 10.3. The first-order chi connectivity index (χ1) is 8.36. The van der Waals surface area contributed by atoms with Crippen LogP contribution in [0.2, 0.25) is 0 Å². The van der Waals surface area contributed by atoms with E-state index in [0.717, 1.165) is 36.6 Å². The van der Waals surface area contributed by atoms with Crippen molar-refractivity contribution in [1.82, 2.24) is 9.97 Å². The summed E-state index contributed by atoms with van der Waals surface area (Å²) >= 11 is 0. The third-order valence-electron chi connectivity index (χ3n) is 3.96. The van der Waals surface area contributed by atoms with Crippen LogP contribution in [0.3, 0.4) is 0 Å². The van der Waals surface area contributed by atoms with Gasteiger partial charge in [-0.3, -0.25) is 0 Å². The van der Waals surface area contributed by atoms with E-state index in [9.17, 15) is 0 Å². The van der Waals surface area contributed by atoms with E-state index in [2.05, 4.69) is 14.9 Å². The summed E-state index contributed by atoms with van der Waals surface area (Å²) in [6, 6.07) is 0. The summed E-state index contributed by atoms with van der Waals surface area (Å²) in [7, 11) is 1.64. The number of ether oxygens (including phenoxy) is 1. The topological polar surface area (TPSA) is 38.2 Å². The number of rotatable bonds is 3. The Morgan fingerprint density at radius 2 is 1.65 bits per heavy atom. The van der Waals surface area contributed by atoms with Crippen LogP contribution < -0.4 is 9.64 Å². The molecular formula is C13H19N3O. The van der Waals surface area contributed by atoms with E-state index in [1.165, 1.54) is 25.7 Å². The van der Waals surface area contributed by atoms with Crippen molar-refractivity contribution < 1.29 is 4.74 Å². The van der Waals surface area contributed by atoms with E-state index in [1.54, 1.807) is 19.5 Å². The molecule has 3 rings (SSSR count). The second-order valence-corrected chi connectivity index (χ2v) is 5.08. The fraction of sp³-hybridized carbons (Fsp3) is 0.692. The van der Waals surface area contributed by atoms with Crippen molar-refractivity contribution in [2.75, 3.05) is 25.1 Å². The van der Waals surface area contributed by atoms with Crippen LogP contribution in [0.4, 0.5) is 5.95 Å². The molecular weight excluding hydrogens is 214 g/mol. The maximum Gasteiger partial charge on any atom is 0.225 e. The van der Waals surface area contributed by atoms with Gasteiger partial charge in [0.05, 0.1) is 19.5 Å². The van der Waals surface area contributed by atoms with Crippen LogP contribution >= 0.6 is 0 Å². The number of hydrogen-bond donors (Lipinski definition) is 0. The van der Waals surface area contributed by atoms with Gasteiger partial charge in [0.25, 0.3) is 0 Å². The van der Waals surface area contributed by atoms with E-state index in [0.29, 0.717) is 0 Å². The third-order valence-corrected chi connectivity index (χ3v) is 3.96. The minimum atomic E-state index is 0.724. The van der Waals surface area contributed by atoms with Crippen molar-refractivity contribution >= 4 is 5.95 Å². The van der Waals surface area contributed by atoms with Crippen LogP contribution in [0.5, 0.6) is 5.75 Å². The molecule has 0 aromatic carbocycles. The minimum Gasteiger partial charge on any atom is -0.494 e. The van der Waals surface area contributed by atoms with Crippen LogP contribution in [0, 0.1) is 11.8 Å². The molecule has 1 aromatic heterocycles. The van der Waals surface area contributed by atoms with E-state index in [-0.39, 0.29) is 0 Å². The number of hydrogen-bond acceptors (Lipinski definition) is 4. The summed E-state index contributed by atoms with van der Waals surface area (Å²) in [6.07, 6.45) is 9.03. The molecule has 17 heavy (non-hydrogen) atoms. The molecule has 1 saturated heterocycles. The first-order valence-corrected chi connectivity index (χ1v) is 6.48. The molecule has 1 saturated carbocycles. The van der Waals surface area contributed by atoms with Crippen molar-refractivity contribution in [2.24, 2.45) is 11.8 Å². The molecule has 2 fully saturated rings. The lowest BCUT2D eigenvalue weighted by Gasteiger charge is -2.32. The van der Waals surface area contributed by atoms with Gasteiger partial charge in [-0.1, -0.05) is 0 Å². The second kappa shape index (κ2) is 4.51. The van der Waals surface area contributed by atoms with Gasteiger partial charge in [0, 0.05) is 13.1 Å². The summed E-state index contributed by atoms with van der Waals surface area (Å²) in [5.41, 5.74) is 0. The Labute approximate surface area is 102 Å². The predicted molar refractivity (Wildman–Crippen MR) is 66.2 cm³/mol. The number of methoxy groups -OCH3 is 1. The van der Waals surface area contributed by atoms with Gasteiger partial charge in [0.1, 0.15) is 0 Å². The highest BCUT2D eigenvalue weighted by Crippen LogP contribution is 2.41. The minimum absolute atomic E-state index is 0.724. The average molecular weight is 233 g/mol. The lowest BCUT2D eigenvalue weighted by molar-refractivity contribution is 0.360. The van der Waals surface area contributed by atoms with Gasteiger partial charge in [-0.25, -0.2) is 9.97 Å². The maximum absolute atomic E-state index is 5.07. The Balaban J connectivity index is 1.60. The van der Waals surface area contributed by atoms with Crippen LogP contribution in [-0.2, 0) is 0 Å². The SMILES string of the molecule is COc1cnc(N2CCC(C3CC3)CC2)nc1. The van der Waals surface area contributed by atoms with Gasteiger partial charge in [0.2, 0.25) is 5.95 Å². The van der Waals surface area contributed by atoms with Crippen LogP contribution in [0.1, 0.15) is 25.7 Å². The van der Waals surface area contributed by atoms with E-state index >= 15 is 0 Å². The van der Waals surface area contributed by atoms with E-state index in [1.807, 2.05) is 0 Å². The van der Waals surface area contributed by atoms with Gasteiger partial charge in [0.15, 0.2) is 5.75 Å². The van der Waals surface area contributed by atoms with E-state index in [4.69, 9.17) is 4.74 Å². The van der Waals surface area contributed by atoms with Crippen LogP contribution in [0.15, 0.2) is 12.4 Å². The number of anilines is 1. The molecule has 2 aliphatic rings. The molecule has 4 heteroatoms. The Hall–Kier alpha value is -1.32. The fourth-order valence-corrected chi connectivity index (χ4v) is 2.72. The van der Waals surface area contributed by atoms with Gasteiger partial charge >= 0.3 is 0 Å². The number of nitrogens with zero attached hydrogens (tertiary/aromatic N) is 3. The summed E-state index contributed by atoms with van der Waals surface area (Å²) < 4.78 is 5.07. The second-order valence-electron chi connectivity index (χ2n) is 5.08. The van der Waals surface area contributed by atoms with Crippen molar-refractivity contribution in [3.05, 3.63) is 12.4 Å². The quantitative estimate of drug-likeness (QED) is 0.801. The first kappa shape index (κ1) is 10.8. The van der Waals surface area contributed by atoms with Crippen molar-refractivity contribution in [3.63, 3.8) is 0 Å². The highest BCUT2D eigenvalue weighted by atomic mass is 16.5. The van der Waals surface area contributed by atoms with Gasteiger partial charge in [-0.15, -0.1) is 0 Å². The Morgan fingerprint density at radius 3 is 2.18 bits per heavy atom. The number of aromatic nitrogens is 2. The molecule has 2 heterocycles. The third kappa shape index (κ3) is 2.35. The average Bonchev–Trinajstić information content (AvgIpc) is 3.24. The molecule has 4 nitrogen and oxygen atoms in total. The highest BCUT2D eigenvalue weighted by Gasteiger charge is 2.33. The summed E-state index contributed by atoms with van der Waals surface area (Å²) in [5.74, 6) is 3.57. The lowest BCUT2D eigenvalue weighted by atomic mass is 9.92. The van der Waals surface area contributed by atoms with Gasteiger partial charge in [-0.2, -0.15) is 0 Å². The molecule has 0 bridgehead atoms. The molecule has 1 aromatic rings. The summed E-state index contributed by atoms with van der Waals surface area (Å²) in [5, 5.41) is 0. The Bertz CT molecular complexity index is 367. The van der Waals surface area contributed by atoms with E-state index < -0.39 is 0 Å². The summed E-state index contributed by atoms with van der Waals surface area (Å²) in [4.78, 5) is 11.0. The largest absolute Gasteiger partial charge is 0.494 e. The molecule has 0 spiro atoms. The first-order valence-electron chi connectivity index (χ1n) is 6.48. The summed E-state index contributed by atoms with van der Waals surface area (Å²) in [6.45, 7) is 2.21. The Morgan fingerprint density at radius 1 is 1.06 bits per heavy atom.